The fourth-order valence-electron chi connectivity index (χ4n) is 3.88. The molecule has 0 aliphatic carbocycles. The van der Waals surface area contributed by atoms with E-state index in [-0.39, 0.29) is 6.03 Å². The minimum atomic E-state index is -0.216. The number of nitrogen functional groups attached to an aromatic ring is 1. The van der Waals surface area contributed by atoms with Crippen LogP contribution in [0.4, 0.5) is 16.2 Å². The van der Waals surface area contributed by atoms with Gasteiger partial charge in [0.05, 0.1) is 24.0 Å². The summed E-state index contributed by atoms with van der Waals surface area (Å²) in [6.45, 7) is 3.31. The topological polar surface area (TPSA) is 81.3 Å². The third kappa shape index (κ3) is 4.39. The summed E-state index contributed by atoms with van der Waals surface area (Å²) >= 11 is 0. The van der Waals surface area contributed by atoms with Crippen molar-refractivity contribution < 1.29 is 9.53 Å². The molecule has 1 aromatic heterocycles. The average molecular weight is 429 g/mol. The van der Waals surface area contributed by atoms with Crippen LogP contribution >= 0.6 is 0 Å². The van der Waals surface area contributed by atoms with Crippen LogP contribution in [0.2, 0.25) is 0 Å². The Balaban J connectivity index is 1.81. The molecule has 4 rings (SSSR count). The van der Waals surface area contributed by atoms with E-state index in [2.05, 4.69) is 27.3 Å². The molecule has 0 saturated heterocycles. The molecule has 32 heavy (non-hydrogen) atoms. The van der Waals surface area contributed by atoms with Crippen molar-refractivity contribution in [2.24, 2.45) is 0 Å². The molecule has 0 atom stereocenters. The molecule has 4 N–H and O–H groups in total. The third-order valence-electron chi connectivity index (χ3n) is 5.42. The van der Waals surface area contributed by atoms with Gasteiger partial charge in [0, 0.05) is 35.8 Å². The Morgan fingerprint density at radius 1 is 1.03 bits per heavy atom. The molecule has 0 spiro atoms. The molecule has 0 radical (unpaired) electrons. The lowest BCUT2D eigenvalue weighted by Crippen LogP contribution is -2.29. The number of carbonyl (C=O) groups excluding carboxylic acids is 1. The summed E-state index contributed by atoms with van der Waals surface area (Å²) in [4.78, 5) is 12.1. The molecule has 0 unspecified atom stereocenters. The summed E-state index contributed by atoms with van der Waals surface area (Å²) in [7, 11) is 1.66. The van der Waals surface area contributed by atoms with Crippen LogP contribution in [0.1, 0.15) is 18.9 Å². The fourth-order valence-corrected chi connectivity index (χ4v) is 3.88. The molecule has 6 nitrogen and oxygen atoms in total. The maximum Gasteiger partial charge on any atom is 0.319 e. The first-order valence-corrected chi connectivity index (χ1v) is 10.8. The van der Waals surface area contributed by atoms with Gasteiger partial charge in [-0.15, -0.1) is 0 Å². The Hall–Kier alpha value is -3.93. The second-order valence-corrected chi connectivity index (χ2v) is 7.68. The fraction of sp³-hybridized carbons (Fsp3) is 0.192. The van der Waals surface area contributed by atoms with Gasteiger partial charge in [-0.25, -0.2) is 4.79 Å². The first kappa shape index (κ1) is 21.3. The highest BCUT2D eigenvalue weighted by molar-refractivity contribution is 6.02. The molecule has 2 amide bonds. The average Bonchev–Trinajstić information content (AvgIpc) is 3.09. The van der Waals surface area contributed by atoms with Crippen molar-refractivity contribution in [3.8, 4) is 17.0 Å². The number of nitrogens with zero attached hydrogens (tertiary/aromatic N) is 1. The Morgan fingerprint density at radius 3 is 2.59 bits per heavy atom. The highest BCUT2D eigenvalue weighted by Gasteiger charge is 2.18. The predicted molar refractivity (Wildman–Crippen MR) is 131 cm³/mol. The lowest BCUT2D eigenvalue weighted by Gasteiger charge is -2.14. The largest absolute Gasteiger partial charge is 0.497 e. The van der Waals surface area contributed by atoms with Crippen LogP contribution in [0.5, 0.6) is 5.75 Å². The number of carbonyl (C=O) groups is 1. The molecular weight excluding hydrogens is 400 g/mol. The molecular formula is C26H28N4O2. The molecule has 0 aliphatic heterocycles. The monoisotopic (exact) mass is 428 g/mol. The van der Waals surface area contributed by atoms with Crippen LogP contribution in [0.3, 0.4) is 0 Å². The summed E-state index contributed by atoms with van der Waals surface area (Å²) < 4.78 is 7.68. The first-order valence-electron chi connectivity index (χ1n) is 10.8. The first-order chi connectivity index (χ1) is 15.6. The van der Waals surface area contributed by atoms with E-state index >= 15 is 0 Å². The molecule has 3 aromatic carbocycles. The number of hydrogen-bond acceptors (Lipinski definition) is 3. The van der Waals surface area contributed by atoms with Crippen LogP contribution in [-0.2, 0) is 6.54 Å². The van der Waals surface area contributed by atoms with E-state index in [1.54, 1.807) is 7.11 Å². The predicted octanol–water partition coefficient (Wildman–Crippen LogP) is 5.48. The maximum atomic E-state index is 12.1. The zero-order valence-corrected chi connectivity index (χ0v) is 18.4. The molecule has 0 saturated carbocycles. The van der Waals surface area contributed by atoms with Gasteiger partial charge in [-0.2, -0.15) is 0 Å². The van der Waals surface area contributed by atoms with E-state index in [1.807, 2.05) is 67.6 Å². The number of nitrogens with two attached hydrogens (primary N) is 1. The highest BCUT2D eigenvalue weighted by atomic mass is 16.5. The van der Waals surface area contributed by atoms with Crippen molar-refractivity contribution >= 4 is 28.3 Å². The van der Waals surface area contributed by atoms with E-state index < -0.39 is 0 Å². The molecule has 6 heteroatoms. The quantitative estimate of drug-likeness (QED) is 0.365. The highest BCUT2D eigenvalue weighted by Crippen LogP contribution is 2.38. The standard InChI is InChI=1S/C26H28N4O2/c1-3-14-28-26(31)29-20-11-7-10-19(15-20)25-24(27)22-13-12-21(32-2)16-23(22)30(25)17-18-8-5-4-6-9-18/h4-13,15-16H,3,14,17,27H2,1-2H3,(H2,28,29,31). The van der Waals surface area contributed by atoms with Gasteiger partial charge in [0.1, 0.15) is 5.75 Å². The number of hydrogen-bond donors (Lipinski definition) is 3. The van der Waals surface area contributed by atoms with E-state index in [1.165, 1.54) is 5.56 Å². The van der Waals surface area contributed by atoms with Crippen LogP contribution in [0.15, 0.2) is 72.8 Å². The van der Waals surface area contributed by atoms with Gasteiger partial charge in [-0.3, -0.25) is 0 Å². The van der Waals surface area contributed by atoms with Gasteiger partial charge in [0.25, 0.3) is 0 Å². The van der Waals surface area contributed by atoms with Crippen molar-refractivity contribution in [1.29, 1.82) is 0 Å². The van der Waals surface area contributed by atoms with Crippen molar-refractivity contribution in [3.63, 3.8) is 0 Å². The minimum Gasteiger partial charge on any atom is -0.497 e. The van der Waals surface area contributed by atoms with E-state index in [4.69, 9.17) is 10.5 Å². The number of urea groups is 1. The summed E-state index contributed by atoms with van der Waals surface area (Å²) in [6, 6.07) is 23.7. The van der Waals surface area contributed by atoms with E-state index in [9.17, 15) is 4.79 Å². The lowest BCUT2D eigenvalue weighted by molar-refractivity contribution is 0.252. The normalized spacial score (nSPS) is 10.8. The molecule has 164 valence electrons. The number of ether oxygens (including phenoxy) is 1. The van der Waals surface area contributed by atoms with Crippen LogP contribution in [-0.4, -0.2) is 24.3 Å². The number of amides is 2. The molecule has 1 heterocycles. The number of fused-ring (bicyclic) bond motifs is 1. The third-order valence-corrected chi connectivity index (χ3v) is 5.42. The summed E-state index contributed by atoms with van der Waals surface area (Å²) in [6.07, 6.45) is 0.882. The summed E-state index contributed by atoms with van der Waals surface area (Å²) in [5.41, 5.74) is 12.1. The second kappa shape index (κ2) is 9.47. The van der Waals surface area contributed by atoms with Crippen molar-refractivity contribution in [2.75, 3.05) is 24.7 Å². The van der Waals surface area contributed by atoms with Crippen molar-refractivity contribution in [3.05, 3.63) is 78.4 Å². The number of aromatic nitrogens is 1. The van der Waals surface area contributed by atoms with Gasteiger partial charge in [0.2, 0.25) is 0 Å². The van der Waals surface area contributed by atoms with Crippen molar-refractivity contribution in [2.45, 2.75) is 19.9 Å². The number of anilines is 2. The van der Waals surface area contributed by atoms with Crippen molar-refractivity contribution in [1.82, 2.24) is 9.88 Å². The number of rotatable bonds is 7. The summed E-state index contributed by atoms with van der Waals surface area (Å²) in [5.74, 6) is 0.777. The van der Waals surface area contributed by atoms with E-state index in [0.29, 0.717) is 24.5 Å². The Kier molecular flexibility index (Phi) is 6.31. The molecule has 0 aliphatic rings. The zero-order valence-electron chi connectivity index (χ0n) is 18.4. The van der Waals surface area contributed by atoms with Crippen LogP contribution in [0.25, 0.3) is 22.2 Å². The number of benzene rings is 3. The molecule has 4 aromatic rings. The summed E-state index contributed by atoms with van der Waals surface area (Å²) in [5, 5.41) is 6.71. The lowest BCUT2D eigenvalue weighted by atomic mass is 10.1. The van der Waals surface area contributed by atoms with Gasteiger partial charge >= 0.3 is 6.03 Å². The van der Waals surface area contributed by atoms with Gasteiger partial charge in [-0.05, 0) is 36.2 Å². The van der Waals surface area contributed by atoms with Crippen LogP contribution < -0.4 is 21.1 Å². The number of methoxy groups -OCH3 is 1. The molecule has 0 bridgehead atoms. The van der Waals surface area contributed by atoms with Gasteiger partial charge in [0.15, 0.2) is 0 Å². The maximum absolute atomic E-state index is 12.1. The Morgan fingerprint density at radius 2 is 1.84 bits per heavy atom. The second-order valence-electron chi connectivity index (χ2n) is 7.68. The minimum absolute atomic E-state index is 0.216. The SMILES string of the molecule is CCCNC(=O)Nc1cccc(-c2c(N)c3ccc(OC)cc3n2Cc2ccccc2)c1. The Bertz CT molecular complexity index is 1230. The number of nitrogens with one attached hydrogen (secondary N) is 2. The molecule has 0 fully saturated rings. The van der Waals surface area contributed by atoms with E-state index in [0.717, 1.165) is 34.3 Å². The van der Waals surface area contributed by atoms with Crippen LogP contribution in [0, 0.1) is 0 Å². The van der Waals surface area contributed by atoms with Gasteiger partial charge in [-0.1, -0.05) is 49.4 Å². The Labute approximate surface area is 188 Å². The smallest absolute Gasteiger partial charge is 0.319 e. The van der Waals surface area contributed by atoms with Gasteiger partial charge < -0.3 is 25.7 Å². The zero-order chi connectivity index (χ0) is 22.5.